The van der Waals surface area contributed by atoms with Crippen LogP contribution in [0, 0.1) is 12.7 Å². The van der Waals surface area contributed by atoms with Crippen LogP contribution in [0.3, 0.4) is 0 Å². The van der Waals surface area contributed by atoms with Gasteiger partial charge in [-0.05, 0) is 37.3 Å². The van der Waals surface area contributed by atoms with Gasteiger partial charge in [0, 0.05) is 40.5 Å². The number of pyridine rings is 1. The van der Waals surface area contributed by atoms with Gasteiger partial charge in [-0.1, -0.05) is 12.1 Å². The minimum Gasteiger partial charge on any atom is -0.322 e. The molecule has 5 aromatic rings. The van der Waals surface area contributed by atoms with Crippen LogP contribution in [0.5, 0.6) is 0 Å². The second-order valence-electron chi connectivity index (χ2n) is 6.71. The summed E-state index contributed by atoms with van der Waals surface area (Å²) in [5.74, 6) is -0.601. The van der Waals surface area contributed by atoms with Crippen molar-refractivity contribution in [3.8, 4) is 11.3 Å². The number of carbonyl (C=O) groups excluding carboxylic acids is 1. The maximum atomic E-state index is 13.4. The van der Waals surface area contributed by atoms with Crippen molar-refractivity contribution in [3.05, 3.63) is 83.4 Å². The molecular formula is C22H15FN4OS. The molecule has 2 aromatic carbocycles. The molecule has 3 aromatic heterocycles. The number of imidazole rings is 1. The van der Waals surface area contributed by atoms with E-state index in [0.717, 1.165) is 21.6 Å². The predicted molar refractivity (Wildman–Crippen MR) is 113 cm³/mol. The number of hydrogen-bond acceptors (Lipinski definition) is 4. The topological polar surface area (TPSA) is 59.3 Å². The van der Waals surface area contributed by atoms with Crippen LogP contribution >= 0.6 is 11.3 Å². The van der Waals surface area contributed by atoms with Crippen LogP contribution in [0.4, 0.5) is 10.1 Å². The van der Waals surface area contributed by atoms with E-state index in [1.165, 1.54) is 12.1 Å². The Morgan fingerprint density at radius 2 is 1.93 bits per heavy atom. The molecule has 0 radical (unpaired) electrons. The van der Waals surface area contributed by atoms with Gasteiger partial charge in [0.05, 0.1) is 22.5 Å². The fourth-order valence-electron chi connectivity index (χ4n) is 3.26. The van der Waals surface area contributed by atoms with Crippen LogP contribution in [0.2, 0.25) is 0 Å². The molecule has 0 bridgehead atoms. The second-order valence-corrected chi connectivity index (χ2v) is 7.58. The van der Waals surface area contributed by atoms with E-state index in [4.69, 9.17) is 0 Å². The van der Waals surface area contributed by atoms with Crippen molar-refractivity contribution in [2.45, 2.75) is 6.92 Å². The molecule has 0 unspecified atom stereocenters. The number of aromatic nitrogens is 3. The van der Waals surface area contributed by atoms with Gasteiger partial charge in [-0.3, -0.25) is 14.2 Å². The highest BCUT2D eigenvalue weighted by molar-refractivity contribution is 7.15. The highest BCUT2D eigenvalue weighted by atomic mass is 32.1. The lowest BCUT2D eigenvalue weighted by atomic mass is 10.1. The van der Waals surface area contributed by atoms with Gasteiger partial charge in [0.2, 0.25) is 0 Å². The van der Waals surface area contributed by atoms with Gasteiger partial charge in [-0.2, -0.15) is 0 Å². The summed E-state index contributed by atoms with van der Waals surface area (Å²) < 4.78 is 15.4. The lowest BCUT2D eigenvalue weighted by molar-refractivity contribution is 0.102. The maximum absolute atomic E-state index is 13.4. The predicted octanol–water partition coefficient (Wildman–Crippen LogP) is 5.31. The van der Waals surface area contributed by atoms with Crippen LogP contribution in [0.1, 0.15) is 16.1 Å². The third kappa shape index (κ3) is 3.25. The molecule has 1 amide bonds. The number of fused-ring (bicyclic) bond motifs is 2. The van der Waals surface area contributed by atoms with Crippen LogP contribution in [0.15, 0.2) is 66.3 Å². The van der Waals surface area contributed by atoms with E-state index in [1.54, 1.807) is 30.4 Å². The van der Waals surface area contributed by atoms with Gasteiger partial charge in [0.15, 0.2) is 4.96 Å². The molecular weight excluding hydrogens is 387 g/mol. The van der Waals surface area contributed by atoms with Crippen LogP contribution < -0.4 is 5.32 Å². The number of hydrogen-bond donors (Lipinski definition) is 1. The lowest BCUT2D eigenvalue weighted by Crippen LogP contribution is -2.14. The Balaban J connectivity index is 1.39. The second kappa shape index (κ2) is 6.79. The average Bonchev–Trinajstić information content (AvgIpc) is 3.30. The fourth-order valence-corrected chi connectivity index (χ4v) is 3.96. The van der Waals surface area contributed by atoms with Gasteiger partial charge in [-0.15, -0.1) is 11.3 Å². The minimum atomic E-state index is -0.348. The first-order chi connectivity index (χ1) is 14.1. The van der Waals surface area contributed by atoms with Crippen molar-refractivity contribution < 1.29 is 9.18 Å². The summed E-state index contributed by atoms with van der Waals surface area (Å²) in [7, 11) is 0. The first kappa shape index (κ1) is 17.5. The smallest absolute Gasteiger partial charge is 0.257 e. The van der Waals surface area contributed by atoms with Crippen molar-refractivity contribution >= 4 is 38.8 Å². The Labute approximate surface area is 169 Å². The van der Waals surface area contributed by atoms with E-state index in [1.807, 2.05) is 46.4 Å². The SMILES string of the molecule is Cc1nc2cc(F)ccc2cc1C(=O)Nc1ccc(-c2cn3ccsc3n2)cc1. The summed E-state index contributed by atoms with van der Waals surface area (Å²) in [5.41, 5.74) is 4.08. The largest absolute Gasteiger partial charge is 0.322 e. The Hall–Kier alpha value is -3.58. The van der Waals surface area contributed by atoms with Gasteiger partial charge in [-0.25, -0.2) is 9.37 Å². The van der Waals surface area contributed by atoms with Gasteiger partial charge in [0.1, 0.15) is 5.82 Å². The number of thiazole rings is 1. The number of carbonyl (C=O) groups is 1. The molecule has 29 heavy (non-hydrogen) atoms. The van der Waals surface area contributed by atoms with E-state index >= 15 is 0 Å². The molecule has 0 spiro atoms. The first-order valence-corrected chi connectivity index (χ1v) is 9.86. The summed E-state index contributed by atoms with van der Waals surface area (Å²) in [6, 6.07) is 13.6. The van der Waals surface area contributed by atoms with Crippen molar-refractivity contribution in [2.75, 3.05) is 5.32 Å². The molecule has 0 atom stereocenters. The zero-order valence-electron chi connectivity index (χ0n) is 15.4. The van der Waals surface area contributed by atoms with Gasteiger partial charge in [0.25, 0.3) is 5.91 Å². The van der Waals surface area contributed by atoms with Crippen LogP contribution in [0.25, 0.3) is 27.1 Å². The molecule has 0 saturated heterocycles. The van der Waals surface area contributed by atoms with E-state index in [-0.39, 0.29) is 11.7 Å². The van der Waals surface area contributed by atoms with Gasteiger partial charge < -0.3 is 5.32 Å². The molecule has 0 aliphatic carbocycles. The molecule has 1 N–H and O–H groups in total. The molecule has 0 fully saturated rings. The first-order valence-electron chi connectivity index (χ1n) is 8.98. The molecule has 3 heterocycles. The van der Waals surface area contributed by atoms with Crippen LogP contribution in [-0.2, 0) is 0 Å². The van der Waals surface area contributed by atoms with Gasteiger partial charge >= 0.3 is 0 Å². The highest BCUT2D eigenvalue weighted by Gasteiger charge is 2.13. The third-order valence-corrected chi connectivity index (χ3v) is 5.52. The average molecular weight is 402 g/mol. The number of nitrogens with one attached hydrogen (secondary N) is 1. The molecule has 142 valence electrons. The molecule has 0 aliphatic heterocycles. The summed E-state index contributed by atoms with van der Waals surface area (Å²) in [6.45, 7) is 1.74. The molecule has 7 heteroatoms. The molecule has 5 rings (SSSR count). The fraction of sp³-hybridized carbons (Fsp3) is 0.0455. The standard InChI is InChI=1S/C22H15FN4OS/c1-13-18(10-15-2-5-16(23)11-19(15)24-13)21(28)25-17-6-3-14(4-7-17)20-12-27-8-9-29-22(27)26-20/h2-12H,1H3,(H,25,28). The Kier molecular flexibility index (Phi) is 4.10. The quantitative estimate of drug-likeness (QED) is 0.445. The van der Waals surface area contributed by atoms with E-state index in [0.29, 0.717) is 22.5 Å². The molecule has 0 saturated carbocycles. The molecule has 0 aliphatic rings. The van der Waals surface area contributed by atoms with Crippen LogP contribution in [-0.4, -0.2) is 20.3 Å². The van der Waals surface area contributed by atoms with Crippen molar-refractivity contribution in [1.82, 2.24) is 14.4 Å². The van der Waals surface area contributed by atoms with Crippen molar-refractivity contribution in [1.29, 1.82) is 0 Å². The Bertz CT molecular complexity index is 1340. The van der Waals surface area contributed by atoms with E-state index in [9.17, 15) is 9.18 Å². The lowest BCUT2D eigenvalue weighted by Gasteiger charge is -2.09. The summed E-state index contributed by atoms with van der Waals surface area (Å²) in [5, 5.41) is 5.61. The Morgan fingerprint density at radius 1 is 1.10 bits per heavy atom. The zero-order valence-corrected chi connectivity index (χ0v) is 16.2. The number of halogens is 1. The number of anilines is 1. The highest BCUT2D eigenvalue weighted by Crippen LogP contribution is 2.24. The number of aryl methyl sites for hydroxylation is 1. The number of benzene rings is 2. The summed E-state index contributed by atoms with van der Waals surface area (Å²) >= 11 is 1.58. The molecule has 5 nitrogen and oxygen atoms in total. The summed E-state index contributed by atoms with van der Waals surface area (Å²) in [6.07, 6.45) is 3.95. The normalized spacial score (nSPS) is 11.2. The Morgan fingerprint density at radius 3 is 2.72 bits per heavy atom. The number of amides is 1. The van der Waals surface area contributed by atoms with E-state index in [2.05, 4.69) is 15.3 Å². The summed E-state index contributed by atoms with van der Waals surface area (Å²) in [4.78, 5) is 22.6. The number of nitrogens with zero attached hydrogens (tertiary/aromatic N) is 3. The van der Waals surface area contributed by atoms with Crippen molar-refractivity contribution in [3.63, 3.8) is 0 Å². The third-order valence-electron chi connectivity index (χ3n) is 4.75. The van der Waals surface area contributed by atoms with Crippen molar-refractivity contribution in [2.24, 2.45) is 0 Å². The monoisotopic (exact) mass is 402 g/mol. The number of rotatable bonds is 3. The minimum absolute atomic E-state index is 0.253. The van der Waals surface area contributed by atoms with E-state index < -0.39 is 0 Å². The zero-order chi connectivity index (χ0) is 20.0. The maximum Gasteiger partial charge on any atom is 0.257 e.